The van der Waals surface area contributed by atoms with Crippen LogP contribution in [-0.4, -0.2) is 39.9 Å². The molecule has 4 rings (SSSR count). The largest absolute Gasteiger partial charge is 0.353 e. The van der Waals surface area contributed by atoms with Gasteiger partial charge in [-0.05, 0) is 50.9 Å². The number of carbonyl (C=O) groups is 1. The van der Waals surface area contributed by atoms with Crippen molar-refractivity contribution in [2.24, 2.45) is 5.92 Å². The highest BCUT2D eigenvalue weighted by Gasteiger charge is 2.30. The second-order valence-electron chi connectivity index (χ2n) is 6.86. The summed E-state index contributed by atoms with van der Waals surface area (Å²) >= 11 is 0. The van der Waals surface area contributed by atoms with Gasteiger partial charge in [-0.2, -0.15) is 0 Å². The molecule has 0 radical (unpaired) electrons. The van der Waals surface area contributed by atoms with Crippen LogP contribution in [0.5, 0.6) is 0 Å². The minimum absolute atomic E-state index is 0.115. The van der Waals surface area contributed by atoms with Gasteiger partial charge < -0.3 is 10.3 Å². The normalized spacial score (nSPS) is 19.5. The van der Waals surface area contributed by atoms with E-state index in [1.54, 1.807) is 0 Å². The minimum Gasteiger partial charge on any atom is -0.353 e. The quantitative estimate of drug-likeness (QED) is 0.890. The highest BCUT2D eigenvalue weighted by Crippen LogP contribution is 2.23. The Bertz CT molecular complexity index is 804. The summed E-state index contributed by atoms with van der Waals surface area (Å²) in [4.78, 5) is 33.9. The molecule has 1 aromatic heterocycles. The third-order valence-electron chi connectivity index (χ3n) is 4.93. The Kier molecular flexibility index (Phi) is 4.06. The molecule has 1 aliphatic carbocycles. The molecule has 0 unspecified atom stereocenters. The predicted octanol–water partition coefficient (Wildman–Crippen LogP) is 1.41. The fourth-order valence-corrected chi connectivity index (χ4v) is 3.29. The molecule has 126 valence electrons. The fourth-order valence-electron chi connectivity index (χ4n) is 3.29. The number of para-hydroxylation sites is 2. The highest BCUT2D eigenvalue weighted by molar-refractivity contribution is 5.79. The maximum Gasteiger partial charge on any atom is 0.271 e. The van der Waals surface area contributed by atoms with E-state index in [9.17, 15) is 9.59 Å². The summed E-state index contributed by atoms with van der Waals surface area (Å²) in [6.07, 6.45) is 3.95. The molecule has 2 N–H and O–H groups in total. The smallest absolute Gasteiger partial charge is 0.271 e. The number of nitrogens with zero attached hydrogens (tertiary/aromatic N) is 2. The number of rotatable bonds is 4. The van der Waals surface area contributed by atoms with E-state index in [1.165, 1.54) is 0 Å². The molecule has 0 spiro atoms. The number of benzene rings is 1. The molecule has 6 nitrogen and oxygen atoms in total. The van der Waals surface area contributed by atoms with Crippen molar-refractivity contribution in [3.8, 4) is 0 Å². The Morgan fingerprint density at radius 2 is 1.96 bits per heavy atom. The van der Waals surface area contributed by atoms with Gasteiger partial charge >= 0.3 is 0 Å². The van der Waals surface area contributed by atoms with Crippen molar-refractivity contribution in [1.82, 2.24) is 20.2 Å². The Balaban J connectivity index is 1.39. The Labute approximate surface area is 140 Å². The van der Waals surface area contributed by atoms with Gasteiger partial charge in [-0.3, -0.25) is 14.5 Å². The number of H-pyrrole nitrogens is 1. The number of likely N-dealkylation sites (tertiary alicyclic amines) is 1. The number of aromatic nitrogens is 2. The summed E-state index contributed by atoms with van der Waals surface area (Å²) in [5.74, 6) is 0.323. The number of hydrogen-bond donors (Lipinski definition) is 2. The molecular weight excluding hydrogens is 304 g/mol. The maximum atomic E-state index is 12.2. The second-order valence-corrected chi connectivity index (χ2v) is 6.86. The first-order chi connectivity index (χ1) is 11.7. The van der Waals surface area contributed by atoms with Gasteiger partial charge in [0.25, 0.3) is 5.56 Å². The lowest BCUT2D eigenvalue weighted by Gasteiger charge is -2.30. The van der Waals surface area contributed by atoms with E-state index in [1.807, 2.05) is 24.3 Å². The average Bonchev–Trinajstić information content (AvgIpc) is 3.40. The fraction of sp³-hybridized carbons (Fsp3) is 0.500. The van der Waals surface area contributed by atoms with Gasteiger partial charge in [-0.15, -0.1) is 0 Å². The van der Waals surface area contributed by atoms with Crippen LogP contribution in [0.25, 0.3) is 11.0 Å². The lowest BCUT2D eigenvalue weighted by atomic mass is 9.96. The third kappa shape index (κ3) is 3.33. The summed E-state index contributed by atoms with van der Waals surface area (Å²) in [6.45, 7) is 2.20. The first-order valence-corrected chi connectivity index (χ1v) is 8.70. The molecule has 2 heterocycles. The van der Waals surface area contributed by atoms with Crippen LogP contribution in [0.1, 0.15) is 31.4 Å². The van der Waals surface area contributed by atoms with Crippen LogP contribution in [0.4, 0.5) is 0 Å². The number of carbonyl (C=O) groups excluding carboxylic acids is 1. The van der Waals surface area contributed by atoms with Crippen LogP contribution in [0, 0.1) is 5.92 Å². The Morgan fingerprint density at radius 1 is 1.21 bits per heavy atom. The van der Waals surface area contributed by atoms with Crippen molar-refractivity contribution in [3.05, 3.63) is 40.3 Å². The van der Waals surface area contributed by atoms with Gasteiger partial charge in [0, 0.05) is 18.5 Å². The maximum absolute atomic E-state index is 12.2. The van der Waals surface area contributed by atoms with Crippen LogP contribution >= 0.6 is 0 Å². The van der Waals surface area contributed by atoms with E-state index >= 15 is 0 Å². The molecule has 1 aliphatic heterocycles. The van der Waals surface area contributed by atoms with Gasteiger partial charge in [0.1, 0.15) is 5.69 Å². The SMILES string of the molecule is O=C(NC1CC1)C1CCN(Cc2nc3ccccc3[nH]c2=O)CC1. The zero-order valence-electron chi connectivity index (χ0n) is 13.6. The van der Waals surface area contributed by atoms with Crippen molar-refractivity contribution in [1.29, 1.82) is 0 Å². The molecule has 1 saturated carbocycles. The van der Waals surface area contributed by atoms with Gasteiger partial charge in [-0.25, -0.2) is 4.98 Å². The molecule has 1 amide bonds. The summed E-state index contributed by atoms with van der Waals surface area (Å²) < 4.78 is 0. The molecule has 1 aromatic carbocycles. The van der Waals surface area contributed by atoms with Gasteiger partial charge in [0.15, 0.2) is 0 Å². The average molecular weight is 326 g/mol. The highest BCUT2D eigenvalue weighted by atomic mass is 16.2. The van der Waals surface area contributed by atoms with E-state index in [-0.39, 0.29) is 17.4 Å². The van der Waals surface area contributed by atoms with Crippen molar-refractivity contribution < 1.29 is 4.79 Å². The molecule has 1 saturated heterocycles. The lowest BCUT2D eigenvalue weighted by molar-refractivity contribution is -0.126. The van der Waals surface area contributed by atoms with Crippen LogP contribution < -0.4 is 10.9 Å². The molecule has 2 fully saturated rings. The number of fused-ring (bicyclic) bond motifs is 1. The monoisotopic (exact) mass is 326 g/mol. The predicted molar refractivity (Wildman–Crippen MR) is 91.5 cm³/mol. The topological polar surface area (TPSA) is 78.1 Å². The summed E-state index contributed by atoms with van der Waals surface area (Å²) in [7, 11) is 0. The first kappa shape index (κ1) is 15.3. The summed E-state index contributed by atoms with van der Waals surface area (Å²) in [5.41, 5.74) is 2.00. The zero-order chi connectivity index (χ0) is 16.5. The number of piperidine rings is 1. The van der Waals surface area contributed by atoms with Crippen molar-refractivity contribution >= 4 is 16.9 Å². The lowest BCUT2D eigenvalue weighted by Crippen LogP contribution is -2.41. The molecule has 24 heavy (non-hydrogen) atoms. The van der Waals surface area contributed by atoms with Gasteiger partial charge in [0.05, 0.1) is 11.0 Å². The summed E-state index contributed by atoms with van der Waals surface area (Å²) in [5, 5.41) is 3.09. The Morgan fingerprint density at radius 3 is 2.71 bits per heavy atom. The summed E-state index contributed by atoms with van der Waals surface area (Å²) in [6, 6.07) is 8.00. The van der Waals surface area contributed by atoms with Crippen molar-refractivity contribution in [2.75, 3.05) is 13.1 Å². The molecule has 6 heteroatoms. The molecule has 0 bridgehead atoms. The van der Waals surface area contributed by atoms with Crippen LogP contribution in [-0.2, 0) is 11.3 Å². The van der Waals surface area contributed by atoms with Gasteiger partial charge in [-0.1, -0.05) is 12.1 Å². The minimum atomic E-state index is -0.123. The van der Waals surface area contributed by atoms with Crippen molar-refractivity contribution in [3.63, 3.8) is 0 Å². The number of aromatic amines is 1. The Hall–Kier alpha value is -2.21. The molecule has 2 aliphatic rings. The second kappa shape index (κ2) is 6.36. The van der Waals surface area contributed by atoms with E-state index in [0.717, 1.165) is 49.8 Å². The standard InChI is InChI=1S/C18H22N4O2/c23-17(19-13-5-6-13)12-7-9-22(10-8-12)11-16-18(24)21-15-4-2-1-3-14(15)20-16/h1-4,12-13H,5-11H2,(H,19,23)(H,21,24). The van der Waals surface area contributed by atoms with Crippen LogP contribution in [0.2, 0.25) is 0 Å². The zero-order valence-corrected chi connectivity index (χ0v) is 13.6. The first-order valence-electron chi connectivity index (χ1n) is 8.70. The van der Waals surface area contributed by atoms with Crippen LogP contribution in [0.3, 0.4) is 0 Å². The molecule has 0 atom stereocenters. The van der Waals surface area contributed by atoms with E-state index in [4.69, 9.17) is 0 Å². The van der Waals surface area contributed by atoms with Crippen molar-refractivity contribution in [2.45, 2.75) is 38.3 Å². The number of nitrogens with one attached hydrogen (secondary N) is 2. The molecule has 2 aromatic rings. The third-order valence-corrected chi connectivity index (χ3v) is 4.93. The number of hydrogen-bond acceptors (Lipinski definition) is 4. The number of amides is 1. The van der Waals surface area contributed by atoms with E-state index < -0.39 is 0 Å². The van der Waals surface area contributed by atoms with E-state index in [2.05, 4.69) is 20.2 Å². The van der Waals surface area contributed by atoms with Gasteiger partial charge in [0.2, 0.25) is 5.91 Å². The molecular formula is C18H22N4O2. The van der Waals surface area contributed by atoms with Crippen LogP contribution in [0.15, 0.2) is 29.1 Å². The van der Waals surface area contributed by atoms with E-state index in [0.29, 0.717) is 18.3 Å².